The highest BCUT2D eigenvalue weighted by Gasteiger charge is 2.22. The molecule has 0 rings (SSSR count). The highest BCUT2D eigenvalue weighted by atomic mass is 14.4. The largest absolute Gasteiger partial charge is 0.374 e. The monoisotopic (exact) mass is 224 g/mol. The van der Waals surface area contributed by atoms with Crippen molar-refractivity contribution < 1.29 is 0 Å². The summed E-state index contributed by atoms with van der Waals surface area (Å²) in [5, 5.41) is 0.293. The first-order valence-corrected chi connectivity index (χ1v) is 7.24. The molecule has 0 amide bonds. The van der Waals surface area contributed by atoms with Crippen LogP contribution in [0.15, 0.2) is 0 Å². The Morgan fingerprint density at radius 1 is 0.812 bits per heavy atom. The second kappa shape index (κ2) is 10.2. The van der Waals surface area contributed by atoms with Crippen LogP contribution in [0.1, 0.15) is 85.0 Å². The van der Waals surface area contributed by atoms with E-state index in [0.29, 0.717) is 5.31 Å². The standard InChI is InChI=1S/C14H31BN/c1-4-6-8-10-12-14(3,15-16)13-11-9-7-5-2/h4-13,16H2,1-3H3. The molecule has 0 saturated carbocycles. The van der Waals surface area contributed by atoms with Crippen molar-refractivity contribution in [1.82, 2.24) is 0 Å². The quantitative estimate of drug-likeness (QED) is 0.400. The normalized spacial score (nSPS) is 11.8. The summed E-state index contributed by atoms with van der Waals surface area (Å²) in [5.41, 5.74) is 5.81. The summed E-state index contributed by atoms with van der Waals surface area (Å²) in [6.45, 7) is 6.85. The molecule has 1 radical (unpaired) electrons. The van der Waals surface area contributed by atoms with Crippen LogP contribution in [-0.2, 0) is 0 Å². The zero-order valence-electron chi connectivity index (χ0n) is 11.7. The van der Waals surface area contributed by atoms with E-state index in [-0.39, 0.29) is 0 Å². The van der Waals surface area contributed by atoms with Crippen molar-refractivity contribution in [2.24, 2.45) is 5.64 Å². The van der Waals surface area contributed by atoms with Crippen LogP contribution in [0.25, 0.3) is 0 Å². The summed E-state index contributed by atoms with van der Waals surface area (Å²) in [5.74, 6) is 0. The maximum absolute atomic E-state index is 5.81. The lowest BCUT2D eigenvalue weighted by atomic mass is 9.57. The average Bonchev–Trinajstić information content (AvgIpc) is 2.31. The van der Waals surface area contributed by atoms with Crippen molar-refractivity contribution in [3.05, 3.63) is 0 Å². The zero-order chi connectivity index (χ0) is 12.3. The van der Waals surface area contributed by atoms with E-state index < -0.39 is 0 Å². The fraction of sp³-hybridized carbons (Fsp3) is 1.00. The molecule has 0 aliphatic rings. The van der Waals surface area contributed by atoms with Crippen LogP contribution < -0.4 is 5.64 Å². The lowest BCUT2D eigenvalue weighted by Crippen LogP contribution is -2.24. The van der Waals surface area contributed by atoms with E-state index in [4.69, 9.17) is 5.64 Å². The minimum atomic E-state index is 0.293. The zero-order valence-corrected chi connectivity index (χ0v) is 11.7. The molecule has 0 aliphatic carbocycles. The third-order valence-corrected chi connectivity index (χ3v) is 3.61. The molecule has 2 heteroatoms. The van der Waals surface area contributed by atoms with E-state index in [1.807, 2.05) is 7.41 Å². The molecule has 2 N–H and O–H groups in total. The molecule has 0 fully saturated rings. The van der Waals surface area contributed by atoms with Crippen molar-refractivity contribution >= 4 is 7.41 Å². The summed E-state index contributed by atoms with van der Waals surface area (Å²) in [7, 11) is 1.95. The molecular weight excluding hydrogens is 193 g/mol. The maximum Gasteiger partial charge on any atom is 0.209 e. The van der Waals surface area contributed by atoms with Crippen molar-refractivity contribution in [2.75, 3.05) is 0 Å². The molecule has 0 aliphatic heterocycles. The van der Waals surface area contributed by atoms with Gasteiger partial charge in [-0.2, -0.15) is 0 Å². The molecule has 0 aromatic heterocycles. The lowest BCUT2D eigenvalue weighted by Gasteiger charge is -2.27. The minimum Gasteiger partial charge on any atom is -0.374 e. The Morgan fingerprint density at radius 3 is 1.56 bits per heavy atom. The summed E-state index contributed by atoms with van der Waals surface area (Å²) < 4.78 is 0. The van der Waals surface area contributed by atoms with Crippen LogP contribution in [0.4, 0.5) is 0 Å². The molecule has 0 unspecified atom stereocenters. The van der Waals surface area contributed by atoms with Gasteiger partial charge in [-0.1, -0.05) is 85.0 Å². The second-order valence-corrected chi connectivity index (χ2v) is 5.44. The van der Waals surface area contributed by atoms with Crippen molar-refractivity contribution in [3.63, 3.8) is 0 Å². The van der Waals surface area contributed by atoms with Gasteiger partial charge in [-0.3, -0.25) is 0 Å². The van der Waals surface area contributed by atoms with Crippen molar-refractivity contribution in [2.45, 2.75) is 90.3 Å². The molecule has 0 saturated heterocycles. The van der Waals surface area contributed by atoms with Crippen molar-refractivity contribution in [3.8, 4) is 0 Å². The number of nitrogens with two attached hydrogens (primary N) is 1. The first-order valence-electron chi connectivity index (χ1n) is 7.24. The molecule has 1 nitrogen and oxygen atoms in total. The fourth-order valence-electron chi connectivity index (χ4n) is 2.20. The molecule has 0 aromatic carbocycles. The summed E-state index contributed by atoms with van der Waals surface area (Å²) >= 11 is 0. The van der Waals surface area contributed by atoms with Crippen LogP contribution in [0, 0.1) is 0 Å². The van der Waals surface area contributed by atoms with Gasteiger partial charge in [0.15, 0.2) is 0 Å². The molecular formula is C14H31BN. The van der Waals surface area contributed by atoms with Gasteiger partial charge >= 0.3 is 0 Å². The van der Waals surface area contributed by atoms with Gasteiger partial charge in [-0.05, 0) is 5.31 Å². The topological polar surface area (TPSA) is 26.0 Å². The van der Waals surface area contributed by atoms with Crippen LogP contribution in [-0.4, -0.2) is 7.41 Å². The Labute approximate surface area is 104 Å². The van der Waals surface area contributed by atoms with Crippen LogP contribution >= 0.6 is 0 Å². The van der Waals surface area contributed by atoms with Crippen molar-refractivity contribution in [1.29, 1.82) is 0 Å². The molecule has 0 spiro atoms. The van der Waals surface area contributed by atoms with Crippen LogP contribution in [0.5, 0.6) is 0 Å². The Kier molecular flexibility index (Phi) is 10.2. The molecule has 0 heterocycles. The smallest absolute Gasteiger partial charge is 0.209 e. The Morgan fingerprint density at radius 2 is 1.25 bits per heavy atom. The third kappa shape index (κ3) is 8.21. The average molecular weight is 224 g/mol. The van der Waals surface area contributed by atoms with Crippen LogP contribution in [0.3, 0.4) is 0 Å². The fourth-order valence-corrected chi connectivity index (χ4v) is 2.20. The SMILES string of the molecule is CCCCCCC(C)([B]N)CCCCCC. The Balaban J connectivity index is 3.64. The first kappa shape index (κ1) is 16.0. The minimum absolute atomic E-state index is 0.293. The predicted molar refractivity (Wildman–Crippen MR) is 75.8 cm³/mol. The number of unbranched alkanes of at least 4 members (excludes halogenated alkanes) is 6. The second-order valence-electron chi connectivity index (χ2n) is 5.44. The molecule has 95 valence electrons. The Hall–Kier alpha value is 0.0249. The first-order chi connectivity index (χ1) is 7.68. The summed E-state index contributed by atoms with van der Waals surface area (Å²) in [6.07, 6.45) is 13.3. The number of hydrogen-bond donors (Lipinski definition) is 1. The van der Waals surface area contributed by atoms with Gasteiger partial charge in [0, 0.05) is 0 Å². The summed E-state index contributed by atoms with van der Waals surface area (Å²) in [6, 6.07) is 0. The van der Waals surface area contributed by atoms with Gasteiger partial charge < -0.3 is 5.64 Å². The highest BCUT2D eigenvalue weighted by Crippen LogP contribution is 2.36. The third-order valence-electron chi connectivity index (χ3n) is 3.61. The van der Waals surface area contributed by atoms with E-state index in [0.717, 1.165) is 0 Å². The van der Waals surface area contributed by atoms with Gasteiger partial charge in [0.25, 0.3) is 0 Å². The maximum atomic E-state index is 5.81. The van der Waals surface area contributed by atoms with E-state index in [9.17, 15) is 0 Å². The van der Waals surface area contributed by atoms with Crippen LogP contribution in [0.2, 0.25) is 5.31 Å². The Bertz CT molecular complexity index is 136. The van der Waals surface area contributed by atoms with Gasteiger partial charge in [-0.25, -0.2) is 0 Å². The van der Waals surface area contributed by atoms with E-state index in [1.165, 1.54) is 64.2 Å². The van der Waals surface area contributed by atoms with E-state index >= 15 is 0 Å². The number of rotatable bonds is 11. The van der Waals surface area contributed by atoms with E-state index in [2.05, 4.69) is 20.8 Å². The predicted octanol–water partition coefficient (Wildman–Crippen LogP) is 4.68. The number of hydrogen-bond acceptors (Lipinski definition) is 1. The lowest BCUT2D eigenvalue weighted by molar-refractivity contribution is 0.450. The van der Waals surface area contributed by atoms with Gasteiger partial charge in [-0.15, -0.1) is 0 Å². The molecule has 0 atom stereocenters. The van der Waals surface area contributed by atoms with Gasteiger partial charge in [0.1, 0.15) is 0 Å². The molecule has 0 aromatic rings. The highest BCUT2D eigenvalue weighted by molar-refractivity contribution is 6.35. The van der Waals surface area contributed by atoms with E-state index in [1.54, 1.807) is 0 Å². The van der Waals surface area contributed by atoms with Gasteiger partial charge in [0.2, 0.25) is 7.41 Å². The summed E-state index contributed by atoms with van der Waals surface area (Å²) in [4.78, 5) is 0. The molecule has 16 heavy (non-hydrogen) atoms. The molecule has 0 bridgehead atoms. The van der Waals surface area contributed by atoms with Gasteiger partial charge in [0.05, 0.1) is 0 Å².